The SMILES string of the molecule is COc1c(SC)cc(F)cc1C1CCCCN1. The van der Waals surface area contributed by atoms with Crippen molar-refractivity contribution < 1.29 is 9.13 Å². The molecule has 0 amide bonds. The number of benzene rings is 1. The predicted molar refractivity (Wildman–Crippen MR) is 69.3 cm³/mol. The molecule has 94 valence electrons. The number of rotatable bonds is 3. The molecule has 1 atom stereocenters. The van der Waals surface area contributed by atoms with Crippen LogP contribution in [0.3, 0.4) is 0 Å². The highest BCUT2D eigenvalue weighted by Gasteiger charge is 2.21. The second-order valence-corrected chi connectivity index (χ2v) is 5.08. The minimum absolute atomic E-state index is 0.183. The number of hydrogen-bond donors (Lipinski definition) is 1. The predicted octanol–water partition coefficient (Wildman–Crippen LogP) is 3.37. The van der Waals surface area contributed by atoms with Gasteiger partial charge in [-0.3, -0.25) is 0 Å². The van der Waals surface area contributed by atoms with Crippen molar-refractivity contribution in [1.29, 1.82) is 0 Å². The van der Waals surface area contributed by atoms with Gasteiger partial charge in [-0.05, 0) is 37.8 Å². The number of nitrogens with one attached hydrogen (secondary N) is 1. The van der Waals surface area contributed by atoms with Crippen molar-refractivity contribution in [3.8, 4) is 5.75 Å². The Morgan fingerprint density at radius 2 is 2.24 bits per heavy atom. The monoisotopic (exact) mass is 255 g/mol. The quantitative estimate of drug-likeness (QED) is 0.837. The van der Waals surface area contributed by atoms with Gasteiger partial charge in [0.05, 0.1) is 12.0 Å². The minimum Gasteiger partial charge on any atom is -0.495 e. The molecule has 0 saturated carbocycles. The Bertz CT molecular complexity index is 391. The summed E-state index contributed by atoms with van der Waals surface area (Å²) in [5.74, 6) is 0.635. The molecule has 2 rings (SSSR count). The highest BCUT2D eigenvalue weighted by molar-refractivity contribution is 7.98. The van der Waals surface area contributed by atoms with E-state index in [9.17, 15) is 4.39 Å². The molecule has 17 heavy (non-hydrogen) atoms. The number of methoxy groups -OCH3 is 1. The van der Waals surface area contributed by atoms with Crippen molar-refractivity contribution in [1.82, 2.24) is 5.32 Å². The molecule has 0 radical (unpaired) electrons. The molecule has 1 aliphatic heterocycles. The molecular formula is C13H18FNOS. The molecule has 1 saturated heterocycles. The van der Waals surface area contributed by atoms with Crippen molar-refractivity contribution in [2.75, 3.05) is 19.9 Å². The molecule has 4 heteroatoms. The lowest BCUT2D eigenvalue weighted by Gasteiger charge is -2.26. The van der Waals surface area contributed by atoms with Crippen LogP contribution in [0.15, 0.2) is 17.0 Å². The molecule has 0 spiro atoms. The molecule has 1 aromatic carbocycles. The van der Waals surface area contributed by atoms with Gasteiger partial charge in [0.2, 0.25) is 0 Å². The lowest BCUT2D eigenvalue weighted by Crippen LogP contribution is -2.27. The van der Waals surface area contributed by atoms with Gasteiger partial charge in [0.15, 0.2) is 0 Å². The normalized spacial score (nSPS) is 20.3. The Hall–Kier alpha value is -0.740. The smallest absolute Gasteiger partial charge is 0.137 e. The third-order valence-corrected chi connectivity index (χ3v) is 3.90. The third kappa shape index (κ3) is 2.75. The van der Waals surface area contributed by atoms with Gasteiger partial charge in [-0.1, -0.05) is 6.42 Å². The zero-order chi connectivity index (χ0) is 12.3. The summed E-state index contributed by atoms with van der Waals surface area (Å²) >= 11 is 1.52. The third-order valence-electron chi connectivity index (χ3n) is 3.16. The summed E-state index contributed by atoms with van der Waals surface area (Å²) in [7, 11) is 1.65. The Labute approximate surface area is 106 Å². The second kappa shape index (κ2) is 5.74. The molecule has 1 heterocycles. The topological polar surface area (TPSA) is 21.3 Å². The van der Waals surface area contributed by atoms with Gasteiger partial charge >= 0.3 is 0 Å². The van der Waals surface area contributed by atoms with Crippen LogP contribution in [-0.2, 0) is 0 Å². The Kier molecular flexibility index (Phi) is 4.29. The molecule has 1 aromatic rings. The van der Waals surface area contributed by atoms with E-state index in [2.05, 4.69) is 5.32 Å². The Morgan fingerprint density at radius 1 is 1.41 bits per heavy atom. The maximum absolute atomic E-state index is 13.6. The van der Waals surface area contributed by atoms with Crippen LogP contribution in [0, 0.1) is 5.82 Å². The molecule has 0 aliphatic carbocycles. The summed E-state index contributed by atoms with van der Waals surface area (Å²) in [6, 6.07) is 3.36. The fraction of sp³-hybridized carbons (Fsp3) is 0.538. The lowest BCUT2D eigenvalue weighted by molar-refractivity contribution is 0.365. The molecular weight excluding hydrogens is 237 g/mol. The first-order valence-electron chi connectivity index (χ1n) is 5.91. The van der Waals surface area contributed by atoms with Gasteiger partial charge in [-0.15, -0.1) is 11.8 Å². The van der Waals surface area contributed by atoms with Crippen molar-refractivity contribution in [3.63, 3.8) is 0 Å². The van der Waals surface area contributed by atoms with Crippen LogP contribution in [-0.4, -0.2) is 19.9 Å². The van der Waals surface area contributed by atoms with Crippen LogP contribution in [0.2, 0.25) is 0 Å². The zero-order valence-corrected chi connectivity index (χ0v) is 11.1. The van der Waals surface area contributed by atoms with Crippen LogP contribution >= 0.6 is 11.8 Å². The van der Waals surface area contributed by atoms with E-state index in [1.54, 1.807) is 13.2 Å². The second-order valence-electron chi connectivity index (χ2n) is 4.23. The first-order chi connectivity index (χ1) is 8.26. The highest BCUT2D eigenvalue weighted by atomic mass is 32.2. The number of halogens is 1. The standard InChI is InChI=1S/C13H18FNOS/c1-16-13-10(11-5-3-4-6-15-11)7-9(14)8-12(13)17-2/h7-8,11,15H,3-6H2,1-2H3. The van der Waals surface area contributed by atoms with Gasteiger partial charge in [0.1, 0.15) is 11.6 Å². The Morgan fingerprint density at radius 3 is 2.82 bits per heavy atom. The molecule has 0 aromatic heterocycles. The van der Waals surface area contributed by atoms with E-state index in [0.717, 1.165) is 29.2 Å². The average Bonchev–Trinajstić information content (AvgIpc) is 2.38. The summed E-state index contributed by atoms with van der Waals surface area (Å²) in [4.78, 5) is 0.870. The van der Waals surface area contributed by atoms with Gasteiger partial charge in [0.25, 0.3) is 0 Å². The fourth-order valence-electron chi connectivity index (χ4n) is 2.33. The summed E-state index contributed by atoms with van der Waals surface area (Å²) in [5.41, 5.74) is 0.955. The summed E-state index contributed by atoms with van der Waals surface area (Å²) < 4.78 is 19.0. The lowest BCUT2D eigenvalue weighted by atomic mass is 9.96. The van der Waals surface area contributed by atoms with E-state index >= 15 is 0 Å². The molecule has 1 fully saturated rings. The number of ether oxygens (including phenoxy) is 1. The van der Waals surface area contributed by atoms with E-state index in [1.807, 2.05) is 6.26 Å². The first kappa shape index (κ1) is 12.7. The highest BCUT2D eigenvalue weighted by Crippen LogP contribution is 2.37. The van der Waals surface area contributed by atoms with Crippen LogP contribution in [0.25, 0.3) is 0 Å². The maximum Gasteiger partial charge on any atom is 0.137 e. The van der Waals surface area contributed by atoms with Gasteiger partial charge in [0, 0.05) is 11.6 Å². The van der Waals surface area contributed by atoms with Crippen molar-refractivity contribution in [3.05, 3.63) is 23.5 Å². The van der Waals surface area contributed by atoms with Crippen molar-refractivity contribution in [2.45, 2.75) is 30.2 Å². The minimum atomic E-state index is -0.183. The maximum atomic E-state index is 13.6. The van der Waals surface area contributed by atoms with E-state index in [0.29, 0.717) is 0 Å². The van der Waals surface area contributed by atoms with E-state index in [4.69, 9.17) is 4.74 Å². The van der Waals surface area contributed by atoms with Crippen LogP contribution in [0.4, 0.5) is 4.39 Å². The summed E-state index contributed by atoms with van der Waals surface area (Å²) in [6.45, 7) is 0.999. The van der Waals surface area contributed by atoms with E-state index in [-0.39, 0.29) is 11.9 Å². The van der Waals surface area contributed by atoms with Crippen molar-refractivity contribution in [2.24, 2.45) is 0 Å². The van der Waals surface area contributed by atoms with Crippen LogP contribution in [0.1, 0.15) is 30.9 Å². The zero-order valence-electron chi connectivity index (χ0n) is 10.3. The van der Waals surface area contributed by atoms with Crippen LogP contribution in [0.5, 0.6) is 5.75 Å². The summed E-state index contributed by atoms with van der Waals surface area (Å²) in [5, 5.41) is 3.43. The van der Waals surface area contributed by atoms with Gasteiger partial charge in [-0.25, -0.2) is 4.39 Å². The number of thioether (sulfide) groups is 1. The molecule has 0 bridgehead atoms. The molecule has 2 nitrogen and oxygen atoms in total. The summed E-state index contributed by atoms with van der Waals surface area (Å²) in [6.07, 6.45) is 5.37. The average molecular weight is 255 g/mol. The van der Waals surface area contributed by atoms with E-state index < -0.39 is 0 Å². The molecule has 1 unspecified atom stereocenters. The molecule has 1 N–H and O–H groups in total. The number of hydrogen-bond acceptors (Lipinski definition) is 3. The van der Waals surface area contributed by atoms with Crippen molar-refractivity contribution >= 4 is 11.8 Å². The van der Waals surface area contributed by atoms with Crippen LogP contribution < -0.4 is 10.1 Å². The number of piperidine rings is 1. The largest absolute Gasteiger partial charge is 0.495 e. The fourth-order valence-corrected chi connectivity index (χ4v) is 2.95. The van der Waals surface area contributed by atoms with Gasteiger partial charge in [-0.2, -0.15) is 0 Å². The van der Waals surface area contributed by atoms with Gasteiger partial charge < -0.3 is 10.1 Å². The Balaban J connectivity index is 2.39. The van der Waals surface area contributed by atoms with E-state index in [1.165, 1.54) is 30.7 Å². The molecule has 1 aliphatic rings. The first-order valence-corrected chi connectivity index (χ1v) is 7.13.